The summed E-state index contributed by atoms with van der Waals surface area (Å²) in [6.07, 6.45) is 7.44. The third-order valence-corrected chi connectivity index (χ3v) is 4.12. The molecule has 2 nitrogen and oxygen atoms in total. The SMILES string of the molecule is CC[C@@H]1CCCCN1C(=O)CCCc1ccccc1. The molecule has 19 heavy (non-hydrogen) atoms. The number of aryl methyl sites for hydroxylation is 1. The third-order valence-electron chi connectivity index (χ3n) is 4.12. The molecule has 0 unspecified atom stereocenters. The quantitative estimate of drug-likeness (QED) is 0.787. The van der Waals surface area contributed by atoms with E-state index in [0.29, 0.717) is 18.4 Å². The van der Waals surface area contributed by atoms with Crippen LogP contribution in [0.1, 0.15) is 51.0 Å². The molecular weight excluding hydrogens is 234 g/mol. The van der Waals surface area contributed by atoms with E-state index in [4.69, 9.17) is 0 Å². The molecule has 2 heteroatoms. The van der Waals surface area contributed by atoms with E-state index in [1.54, 1.807) is 0 Å². The Hall–Kier alpha value is -1.31. The van der Waals surface area contributed by atoms with Crippen molar-refractivity contribution >= 4 is 5.91 Å². The smallest absolute Gasteiger partial charge is 0.222 e. The summed E-state index contributed by atoms with van der Waals surface area (Å²) in [5.41, 5.74) is 1.33. The average molecular weight is 259 g/mol. The monoisotopic (exact) mass is 259 g/mol. The molecule has 1 amide bonds. The molecule has 1 atom stereocenters. The first-order valence-corrected chi connectivity index (χ1v) is 7.64. The number of carbonyl (C=O) groups is 1. The van der Waals surface area contributed by atoms with Crippen LogP contribution in [0.4, 0.5) is 0 Å². The molecule has 0 aromatic heterocycles. The largest absolute Gasteiger partial charge is 0.340 e. The summed E-state index contributed by atoms with van der Waals surface area (Å²) in [4.78, 5) is 14.4. The minimum atomic E-state index is 0.363. The normalized spacial score (nSPS) is 19.4. The van der Waals surface area contributed by atoms with Crippen LogP contribution in [0.5, 0.6) is 0 Å². The van der Waals surface area contributed by atoms with Gasteiger partial charge in [0.2, 0.25) is 5.91 Å². The molecule has 1 heterocycles. The van der Waals surface area contributed by atoms with Crippen molar-refractivity contribution in [1.29, 1.82) is 0 Å². The van der Waals surface area contributed by atoms with E-state index in [1.807, 2.05) is 6.07 Å². The fraction of sp³-hybridized carbons (Fsp3) is 0.588. The van der Waals surface area contributed by atoms with Gasteiger partial charge in [-0.15, -0.1) is 0 Å². The number of amides is 1. The van der Waals surface area contributed by atoms with Gasteiger partial charge in [-0.1, -0.05) is 37.3 Å². The summed E-state index contributed by atoms with van der Waals surface area (Å²) in [7, 11) is 0. The maximum Gasteiger partial charge on any atom is 0.222 e. The van der Waals surface area contributed by atoms with Crippen LogP contribution < -0.4 is 0 Å². The topological polar surface area (TPSA) is 20.3 Å². The van der Waals surface area contributed by atoms with Gasteiger partial charge in [0.05, 0.1) is 0 Å². The Morgan fingerprint density at radius 3 is 2.79 bits per heavy atom. The molecule has 1 aliphatic heterocycles. The van der Waals surface area contributed by atoms with Crippen molar-refractivity contribution in [2.24, 2.45) is 0 Å². The zero-order valence-electron chi connectivity index (χ0n) is 12.0. The Balaban J connectivity index is 1.77. The Morgan fingerprint density at radius 1 is 1.26 bits per heavy atom. The maximum absolute atomic E-state index is 12.3. The molecule has 1 fully saturated rings. The van der Waals surface area contributed by atoms with Crippen LogP contribution in [0, 0.1) is 0 Å². The number of piperidine rings is 1. The van der Waals surface area contributed by atoms with Crippen LogP contribution >= 0.6 is 0 Å². The van der Waals surface area contributed by atoms with Gasteiger partial charge >= 0.3 is 0 Å². The van der Waals surface area contributed by atoms with E-state index < -0.39 is 0 Å². The summed E-state index contributed by atoms with van der Waals surface area (Å²) < 4.78 is 0. The lowest BCUT2D eigenvalue weighted by Crippen LogP contribution is -2.43. The Kier molecular flexibility index (Phi) is 5.44. The standard InChI is InChI=1S/C17H25NO/c1-2-16-12-6-7-14-18(16)17(19)13-8-11-15-9-4-3-5-10-15/h3-5,9-10,16H,2,6-8,11-14H2,1H3/t16-/m1/s1. The first kappa shape index (κ1) is 14.1. The van der Waals surface area contributed by atoms with Crippen LogP contribution in [-0.2, 0) is 11.2 Å². The number of carbonyl (C=O) groups excluding carboxylic acids is 1. The lowest BCUT2D eigenvalue weighted by atomic mass is 9.99. The Labute approximate surface area is 116 Å². The molecule has 1 aliphatic rings. The number of likely N-dealkylation sites (tertiary alicyclic amines) is 1. The molecule has 0 aliphatic carbocycles. The molecule has 1 saturated heterocycles. The van der Waals surface area contributed by atoms with Gasteiger partial charge in [-0.05, 0) is 44.1 Å². The minimum Gasteiger partial charge on any atom is -0.340 e. The lowest BCUT2D eigenvalue weighted by Gasteiger charge is -2.35. The maximum atomic E-state index is 12.3. The lowest BCUT2D eigenvalue weighted by molar-refractivity contribution is -0.135. The molecule has 1 aromatic rings. The van der Waals surface area contributed by atoms with Crippen LogP contribution in [0.25, 0.3) is 0 Å². The van der Waals surface area contributed by atoms with Crippen LogP contribution in [-0.4, -0.2) is 23.4 Å². The molecule has 2 rings (SSSR count). The summed E-state index contributed by atoms with van der Waals surface area (Å²) >= 11 is 0. The van der Waals surface area contributed by atoms with Crippen molar-refractivity contribution in [2.45, 2.75) is 57.9 Å². The van der Waals surface area contributed by atoms with E-state index in [2.05, 4.69) is 36.1 Å². The minimum absolute atomic E-state index is 0.363. The second-order valence-electron chi connectivity index (χ2n) is 5.48. The van der Waals surface area contributed by atoms with Gasteiger partial charge in [-0.25, -0.2) is 0 Å². The van der Waals surface area contributed by atoms with Gasteiger partial charge in [0.15, 0.2) is 0 Å². The molecule has 0 bridgehead atoms. The Bertz CT molecular complexity index is 388. The van der Waals surface area contributed by atoms with Gasteiger partial charge in [-0.3, -0.25) is 4.79 Å². The highest BCUT2D eigenvalue weighted by Crippen LogP contribution is 2.20. The van der Waals surface area contributed by atoms with E-state index in [0.717, 1.165) is 25.8 Å². The van der Waals surface area contributed by atoms with Gasteiger partial charge in [0, 0.05) is 19.0 Å². The van der Waals surface area contributed by atoms with Crippen LogP contribution in [0.15, 0.2) is 30.3 Å². The second-order valence-corrected chi connectivity index (χ2v) is 5.48. The summed E-state index contributed by atoms with van der Waals surface area (Å²) in [5, 5.41) is 0. The molecule has 104 valence electrons. The zero-order chi connectivity index (χ0) is 13.5. The molecule has 0 radical (unpaired) electrons. The fourth-order valence-corrected chi connectivity index (χ4v) is 2.99. The number of hydrogen-bond donors (Lipinski definition) is 0. The van der Waals surface area contributed by atoms with Gasteiger partial charge < -0.3 is 4.90 Å². The zero-order valence-corrected chi connectivity index (χ0v) is 12.0. The van der Waals surface area contributed by atoms with Crippen molar-refractivity contribution in [2.75, 3.05) is 6.54 Å². The summed E-state index contributed by atoms with van der Waals surface area (Å²) in [6, 6.07) is 10.9. The van der Waals surface area contributed by atoms with Crippen molar-refractivity contribution in [1.82, 2.24) is 4.90 Å². The van der Waals surface area contributed by atoms with Gasteiger partial charge in [0.1, 0.15) is 0 Å². The molecule has 0 saturated carbocycles. The molecule has 0 N–H and O–H groups in total. The van der Waals surface area contributed by atoms with Crippen molar-refractivity contribution in [3.05, 3.63) is 35.9 Å². The van der Waals surface area contributed by atoms with E-state index in [9.17, 15) is 4.79 Å². The van der Waals surface area contributed by atoms with E-state index in [-0.39, 0.29) is 0 Å². The van der Waals surface area contributed by atoms with Crippen LogP contribution in [0.3, 0.4) is 0 Å². The highest BCUT2D eigenvalue weighted by atomic mass is 16.2. The van der Waals surface area contributed by atoms with Gasteiger partial charge in [-0.2, -0.15) is 0 Å². The first-order chi connectivity index (χ1) is 9.31. The predicted molar refractivity (Wildman–Crippen MR) is 79.0 cm³/mol. The molecule has 0 spiro atoms. The van der Waals surface area contributed by atoms with Crippen molar-refractivity contribution < 1.29 is 4.79 Å². The first-order valence-electron chi connectivity index (χ1n) is 7.64. The Morgan fingerprint density at radius 2 is 2.05 bits per heavy atom. The van der Waals surface area contributed by atoms with E-state index in [1.165, 1.54) is 24.8 Å². The molecule has 1 aromatic carbocycles. The third kappa shape index (κ3) is 4.09. The number of nitrogens with zero attached hydrogens (tertiary/aromatic N) is 1. The fourth-order valence-electron chi connectivity index (χ4n) is 2.99. The van der Waals surface area contributed by atoms with Crippen molar-refractivity contribution in [3.63, 3.8) is 0 Å². The van der Waals surface area contributed by atoms with E-state index >= 15 is 0 Å². The number of rotatable bonds is 5. The predicted octanol–water partition coefficient (Wildman–Crippen LogP) is 3.80. The molecular formula is C17H25NO. The van der Waals surface area contributed by atoms with Crippen LogP contribution in [0.2, 0.25) is 0 Å². The highest BCUT2D eigenvalue weighted by molar-refractivity contribution is 5.76. The highest BCUT2D eigenvalue weighted by Gasteiger charge is 2.24. The summed E-state index contributed by atoms with van der Waals surface area (Å²) in [6.45, 7) is 3.17. The number of benzene rings is 1. The number of hydrogen-bond acceptors (Lipinski definition) is 1. The van der Waals surface area contributed by atoms with Crippen molar-refractivity contribution in [3.8, 4) is 0 Å². The second kappa shape index (κ2) is 7.32. The van der Waals surface area contributed by atoms with Gasteiger partial charge in [0.25, 0.3) is 0 Å². The average Bonchev–Trinajstić information content (AvgIpc) is 2.48. The summed E-state index contributed by atoms with van der Waals surface area (Å²) in [5.74, 6) is 0.363.